The number of ether oxygens (including phenoxy) is 1. The zero-order chi connectivity index (χ0) is 23.0. The summed E-state index contributed by atoms with van der Waals surface area (Å²) in [6.07, 6.45) is -4.62. The third kappa shape index (κ3) is 4.54. The Morgan fingerprint density at radius 1 is 1.35 bits per heavy atom. The van der Waals surface area contributed by atoms with Crippen molar-refractivity contribution in [2.75, 3.05) is 18.5 Å². The Morgan fingerprint density at radius 2 is 2.06 bits per heavy atom. The number of halogens is 4. The highest BCUT2D eigenvalue weighted by molar-refractivity contribution is 7.14. The van der Waals surface area contributed by atoms with Crippen molar-refractivity contribution in [2.24, 2.45) is 10.5 Å². The van der Waals surface area contributed by atoms with Crippen molar-refractivity contribution in [3.8, 4) is 0 Å². The van der Waals surface area contributed by atoms with Crippen LogP contribution in [-0.4, -0.2) is 35.9 Å². The first-order chi connectivity index (χ1) is 14.5. The minimum atomic E-state index is -4.62. The fraction of sp³-hybridized carbons (Fsp3) is 0.350. The van der Waals surface area contributed by atoms with Crippen LogP contribution in [0.3, 0.4) is 0 Å². The molecule has 0 saturated carbocycles. The van der Waals surface area contributed by atoms with E-state index in [0.717, 1.165) is 22.7 Å². The van der Waals surface area contributed by atoms with Gasteiger partial charge in [0.1, 0.15) is 5.41 Å². The molecule has 3 rings (SSSR count). The number of hydrazone groups is 1. The molecular formula is C20H19ClF3N3O3S. The zero-order valence-electron chi connectivity index (χ0n) is 16.8. The van der Waals surface area contributed by atoms with Gasteiger partial charge in [0.15, 0.2) is 0 Å². The predicted molar refractivity (Wildman–Crippen MR) is 113 cm³/mol. The number of anilines is 1. The lowest BCUT2D eigenvalue weighted by molar-refractivity contribution is -0.150. The van der Waals surface area contributed by atoms with Gasteiger partial charge in [-0.05, 0) is 49.9 Å². The average Bonchev–Trinajstić information content (AvgIpc) is 3.25. The number of aryl methyl sites for hydroxylation is 1. The van der Waals surface area contributed by atoms with Gasteiger partial charge in [0.25, 0.3) is 0 Å². The number of thiophene rings is 1. The van der Waals surface area contributed by atoms with Crippen LogP contribution in [0.1, 0.15) is 30.5 Å². The molecule has 0 aliphatic carbocycles. The molecular weight excluding hydrogens is 455 g/mol. The molecule has 1 unspecified atom stereocenters. The van der Waals surface area contributed by atoms with Gasteiger partial charge >= 0.3 is 18.2 Å². The van der Waals surface area contributed by atoms with E-state index in [0.29, 0.717) is 5.00 Å². The Labute approximate surface area is 185 Å². The van der Waals surface area contributed by atoms with Crippen LogP contribution in [0.4, 0.5) is 23.0 Å². The molecule has 11 heteroatoms. The molecule has 1 atom stereocenters. The summed E-state index contributed by atoms with van der Waals surface area (Å²) in [6.45, 7) is 4.94. The minimum absolute atomic E-state index is 0.0933. The molecule has 2 amide bonds. The summed E-state index contributed by atoms with van der Waals surface area (Å²) in [7, 11) is 0. The van der Waals surface area contributed by atoms with Crippen LogP contribution in [0.2, 0.25) is 5.02 Å². The van der Waals surface area contributed by atoms with Crippen LogP contribution in [0, 0.1) is 12.3 Å². The van der Waals surface area contributed by atoms with Crippen molar-refractivity contribution < 1.29 is 27.5 Å². The first-order valence-electron chi connectivity index (χ1n) is 9.23. The van der Waals surface area contributed by atoms with E-state index in [-0.39, 0.29) is 24.4 Å². The lowest BCUT2D eigenvalue weighted by atomic mass is 9.82. The summed E-state index contributed by atoms with van der Waals surface area (Å²) in [5, 5.41) is 9.96. The molecule has 0 bridgehead atoms. The highest BCUT2D eigenvalue weighted by Crippen LogP contribution is 2.38. The number of carbonyl (C=O) groups is 2. The standard InChI is InChI=1S/C20H19ClF3N3O3S/c1-4-30-17(28)19(3)10-27(18(29)25-16-11(2)7-8-31-16)26-15(19)12-5-6-13(14(21)9-12)20(22,23)24/h5-9H,4,10H2,1-3H3,(H,25,29). The molecule has 6 nitrogen and oxygen atoms in total. The fourth-order valence-electron chi connectivity index (χ4n) is 3.14. The van der Waals surface area contributed by atoms with E-state index in [4.69, 9.17) is 16.3 Å². The topological polar surface area (TPSA) is 71.0 Å². The number of rotatable bonds is 4. The van der Waals surface area contributed by atoms with Crippen molar-refractivity contribution in [1.82, 2.24) is 5.01 Å². The summed E-state index contributed by atoms with van der Waals surface area (Å²) in [4.78, 5) is 25.5. The number of nitrogens with one attached hydrogen (secondary N) is 1. The van der Waals surface area contributed by atoms with E-state index in [9.17, 15) is 22.8 Å². The highest BCUT2D eigenvalue weighted by Gasteiger charge is 2.49. The maximum Gasteiger partial charge on any atom is 0.417 e. The average molecular weight is 474 g/mol. The molecule has 1 aromatic carbocycles. The van der Waals surface area contributed by atoms with Crippen molar-refractivity contribution in [1.29, 1.82) is 0 Å². The SMILES string of the molecule is CCOC(=O)C1(C)CN(C(=O)Nc2sccc2C)N=C1c1ccc(C(F)(F)F)c(Cl)c1. The molecule has 2 aromatic rings. The number of benzene rings is 1. The van der Waals surface area contributed by atoms with Gasteiger partial charge in [-0.25, -0.2) is 9.80 Å². The predicted octanol–water partition coefficient (Wildman–Crippen LogP) is 5.55. The lowest BCUT2D eigenvalue weighted by Crippen LogP contribution is -2.42. The van der Waals surface area contributed by atoms with E-state index >= 15 is 0 Å². The number of urea groups is 1. The van der Waals surface area contributed by atoms with Gasteiger partial charge < -0.3 is 4.74 Å². The third-order valence-corrected chi connectivity index (χ3v) is 6.04. The monoisotopic (exact) mass is 473 g/mol. The van der Waals surface area contributed by atoms with Crippen LogP contribution in [0.5, 0.6) is 0 Å². The molecule has 31 heavy (non-hydrogen) atoms. The normalized spacial score (nSPS) is 18.7. The van der Waals surface area contributed by atoms with Crippen LogP contribution in [0.15, 0.2) is 34.7 Å². The van der Waals surface area contributed by atoms with Gasteiger partial charge in [0.05, 0.1) is 34.5 Å². The van der Waals surface area contributed by atoms with Crippen molar-refractivity contribution >= 4 is 45.7 Å². The Morgan fingerprint density at radius 3 is 2.61 bits per heavy atom. The van der Waals surface area contributed by atoms with Crippen molar-refractivity contribution in [2.45, 2.75) is 26.9 Å². The van der Waals surface area contributed by atoms with Gasteiger partial charge in [-0.2, -0.15) is 18.3 Å². The smallest absolute Gasteiger partial charge is 0.417 e. The second-order valence-electron chi connectivity index (χ2n) is 7.11. The van der Waals surface area contributed by atoms with Gasteiger partial charge in [0, 0.05) is 5.56 Å². The summed E-state index contributed by atoms with van der Waals surface area (Å²) in [6, 6.07) is 4.35. The fourth-order valence-corrected chi connectivity index (χ4v) is 4.24. The van der Waals surface area contributed by atoms with E-state index in [2.05, 4.69) is 10.4 Å². The lowest BCUT2D eigenvalue weighted by Gasteiger charge is -2.24. The molecule has 0 saturated heterocycles. The first kappa shape index (κ1) is 23.1. The Kier molecular flexibility index (Phi) is 6.33. The number of nitrogens with zero attached hydrogens (tertiary/aromatic N) is 2. The molecule has 1 aliphatic rings. The summed E-state index contributed by atoms with van der Waals surface area (Å²) >= 11 is 7.19. The van der Waals surface area contributed by atoms with Gasteiger partial charge in [-0.15, -0.1) is 11.3 Å². The maximum absolute atomic E-state index is 13.1. The maximum atomic E-state index is 13.1. The number of hydrogen-bond donors (Lipinski definition) is 1. The first-order valence-corrected chi connectivity index (χ1v) is 10.5. The Balaban J connectivity index is 1.99. The zero-order valence-corrected chi connectivity index (χ0v) is 18.4. The minimum Gasteiger partial charge on any atom is -0.465 e. The summed E-state index contributed by atoms with van der Waals surface area (Å²) < 4.78 is 44.4. The molecule has 0 fully saturated rings. The van der Waals surface area contributed by atoms with E-state index in [1.807, 2.05) is 18.4 Å². The largest absolute Gasteiger partial charge is 0.465 e. The van der Waals surface area contributed by atoms with Crippen LogP contribution in [0.25, 0.3) is 0 Å². The second-order valence-corrected chi connectivity index (χ2v) is 8.44. The molecule has 1 N–H and O–H groups in total. The molecule has 2 heterocycles. The molecule has 166 valence electrons. The summed E-state index contributed by atoms with van der Waals surface area (Å²) in [5.41, 5.74) is -1.24. The quantitative estimate of drug-likeness (QED) is 0.592. The molecule has 1 aliphatic heterocycles. The molecule has 0 radical (unpaired) electrons. The van der Waals surface area contributed by atoms with E-state index in [1.165, 1.54) is 24.3 Å². The Hall–Kier alpha value is -2.59. The highest BCUT2D eigenvalue weighted by atomic mass is 35.5. The van der Waals surface area contributed by atoms with Crippen molar-refractivity contribution in [3.05, 3.63) is 51.4 Å². The van der Waals surface area contributed by atoms with Crippen LogP contribution in [-0.2, 0) is 15.7 Å². The van der Waals surface area contributed by atoms with Gasteiger partial charge in [0.2, 0.25) is 0 Å². The number of alkyl halides is 3. The number of hydrogen-bond acceptors (Lipinski definition) is 5. The van der Waals surface area contributed by atoms with Gasteiger partial charge in [-0.1, -0.05) is 17.7 Å². The van der Waals surface area contributed by atoms with E-state index in [1.54, 1.807) is 6.92 Å². The number of esters is 1. The number of carbonyl (C=O) groups excluding carboxylic acids is 2. The second kappa shape index (κ2) is 8.51. The van der Waals surface area contributed by atoms with Crippen LogP contribution >= 0.6 is 22.9 Å². The van der Waals surface area contributed by atoms with Crippen molar-refractivity contribution in [3.63, 3.8) is 0 Å². The van der Waals surface area contributed by atoms with Crippen LogP contribution < -0.4 is 5.32 Å². The third-order valence-electron chi connectivity index (χ3n) is 4.80. The Bertz CT molecular complexity index is 1050. The van der Waals surface area contributed by atoms with Gasteiger partial charge in [-0.3, -0.25) is 10.1 Å². The molecule has 0 spiro atoms. The molecule has 1 aromatic heterocycles. The van der Waals surface area contributed by atoms with E-state index < -0.39 is 34.2 Å². The number of amides is 2. The summed E-state index contributed by atoms with van der Waals surface area (Å²) in [5.74, 6) is -0.646.